The third-order valence-corrected chi connectivity index (χ3v) is 6.30. The van der Waals surface area contributed by atoms with Crippen LogP contribution in [0.3, 0.4) is 0 Å². The maximum atomic E-state index is 11.5. The number of hydrogen-bond donors (Lipinski definition) is 2. The van der Waals surface area contributed by atoms with E-state index in [0.29, 0.717) is 5.92 Å². The lowest BCUT2D eigenvalue weighted by Crippen LogP contribution is -2.67. The van der Waals surface area contributed by atoms with Crippen LogP contribution in [0.1, 0.15) is 62.9 Å². The fourth-order valence-corrected chi connectivity index (χ4v) is 4.97. The van der Waals surface area contributed by atoms with Crippen LogP contribution in [0.5, 0.6) is 0 Å². The molecule has 2 N–H and O–H groups in total. The smallest absolute Gasteiger partial charge is 0.335 e. The first-order valence-electron chi connectivity index (χ1n) is 8.16. The first kappa shape index (κ1) is 15.5. The van der Waals surface area contributed by atoms with Crippen molar-refractivity contribution < 1.29 is 15.0 Å². The molecule has 4 rings (SSSR count). The average molecular weight is 302 g/mol. The molecular weight excluding hydrogens is 276 g/mol. The van der Waals surface area contributed by atoms with E-state index < -0.39 is 11.6 Å². The van der Waals surface area contributed by atoms with Crippen LogP contribution in [0.2, 0.25) is 0 Å². The van der Waals surface area contributed by atoms with E-state index in [0.717, 1.165) is 18.4 Å². The SMILES string of the molecule is CC(C)(C)[C@@H]1CC[C@]2(C)C[C@H]1[C@@]2(O)c1ccc(C(=O)O)cc1. The zero-order valence-corrected chi connectivity index (χ0v) is 13.9. The summed E-state index contributed by atoms with van der Waals surface area (Å²) >= 11 is 0. The molecule has 2 bridgehead atoms. The quantitative estimate of drug-likeness (QED) is 0.866. The van der Waals surface area contributed by atoms with E-state index in [-0.39, 0.29) is 22.3 Å². The molecule has 3 aliphatic carbocycles. The second-order valence-electron chi connectivity index (χ2n) is 8.53. The fraction of sp³-hybridized carbons (Fsp3) is 0.632. The number of carboxylic acids is 1. The van der Waals surface area contributed by atoms with Crippen LogP contribution in [-0.2, 0) is 5.60 Å². The Kier molecular flexibility index (Phi) is 3.23. The van der Waals surface area contributed by atoms with E-state index in [1.807, 2.05) is 0 Å². The van der Waals surface area contributed by atoms with Gasteiger partial charge in [0.15, 0.2) is 0 Å². The normalized spacial score (nSPS) is 37.5. The predicted octanol–water partition coefficient (Wildman–Crippen LogP) is 4.05. The average Bonchev–Trinajstić information content (AvgIpc) is 2.45. The number of benzene rings is 1. The number of aromatic carboxylic acids is 1. The summed E-state index contributed by atoms with van der Waals surface area (Å²) in [5.74, 6) is -0.161. The Hall–Kier alpha value is -1.35. The monoisotopic (exact) mass is 302 g/mol. The molecule has 0 amide bonds. The lowest BCUT2D eigenvalue weighted by atomic mass is 9.38. The number of carboxylic acid groups (broad SMARTS) is 1. The Bertz CT molecular complexity index is 594. The van der Waals surface area contributed by atoms with Gasteiger partial charge in [0, 0.05) is 5.41 Å². The maximum Gasteiger partial charge on any atom is 0.335 e. The Balaban J connectivity index is 1.99. The zero-order chi connectivity index (χ0) is 16.3. The summed E-state index contributed by atoms with van der Waals surface area (Å²) in [4.78, 5) is 11.0. The molecule has 0 saturated heterocycles. The van der Waals surface area contributed by atoms with Crippen molar-refractivity contribution in [1.82, 2.24) is 0 Å². The molecule has 120 valence electrons. The highest BCUT2D eigenvalue weighted by molar-refractivity contribution is 5.87. The minimum absolute atomic E-state index is 0.0792. The Labute approximate surface area is 132 Å². The molecule has 1 aromatic rings. The molecule has 3 aliphatic rings. The maximum absolute atomic E-state index is 11.5. The van der Waals surface area contributed by atoms with Gasteiger partial charge in [0.2, 0.25) is 0 Å². The predicted molar refractivity (Wildman–Crippen MR) is 85.7 cm³/mol. The number of aliphatic hydroxyl groups is 1. The lowest BCUT2D eigenvalue weighted by Gasteiger charge is -2.68. The standard InChI is InChI=1S/C19H26O3/c1-17(2,3)14-9-10-18(4)11-15(14)19(18,22)13-7-5-12(6-8-13)16(20)21/h5-8,14-15,22H,9-11H2,1-4H3,(H,20,21)/t14-,15-,18-,19+/m1/s1. The molecular formula is C19H26O3. The van der Waals surface area contributed by atoms with Gasteiger partial charge in [-0.1, -0.05) is 39.8 Å². The molecule has 0 spiro atoms. The van der Waals surface area contributed by atoms with E-state index >= 15 is 0 Å². The van der Waals surface area contributed by atoms with Crippen LogP contribution >= 0.6 is 0 Å². The summed E-state index contributed by atoms with van der Waals surface area (Å²) in [6.07, 6.45) is 3.26. The van der Waals surface area contributed by atoms with E-state index in [9.17, 15) is 9.90 Å². The molecule has 1 aromatic carbocycles. The first-order chi connectivity index (χ1) is 10.1. The summed E-state index contributed by atoms with van der Waals surface area (Å²) in [5.41, 5.74) is 0.436. The summed E-state index contributed by atoms with van der Waals surface area (Å²) in [6, 6.07) is 6.83. The van der Waals surface area contributed by atoms with Gasteiger partial charge in [-0.15, -0.1) is 0 Å². The van der Waals surface area contributed by atoms with Gasteiger partial charge in [-0.25, -0.2) is 4.79 Å². The van der Waals surface area contributed by atoms with Crippen LogP contribution in [-0.4, -0.2) is 16.2 Å². The minimum Gasteiger partial charge on any atom is -0.478 e. The van der Waals surface area contributed by atoms with Gasteiger partial charge in [-0.3, -0.25) is 0 Å². The number of hydrogen-bond acceptors (Lipinski definition) is 2. The minimum atomic E-state index is -0.925. The van der Waals surface area contributed by atoms with Gasteiger partial charge in [0.1, 0.15) is 0 Å². The van der Waals surface area contributed by atoms with Gasteiger partial charge in [-0.05, 0) is 54.2 Å². The summed E-state index contributed by atoms with van der Waals surface area (Å²) in [7, 11) is 0. The van der Waals surface area contributed by atoms with Crippen LogP contribution in [0.25, 0.3) is 0 Å². The number of fused-ring (bicyclic) bond motifs is 2. The van der Waals surface area contributed by atoms with Crippen LogP contribution in [0.4, 0.5) is 0 Å². The molecule has 3 saturated carbocycles. The lowest BCUT2D eigenvalue weighted by molar-refractivity contribution is -0.277. The molecule has 0 unspecified atom stereocenters. The third kappa shape index (κ3) is 1.95. The molecule has 4 atom stereocenters. The van der Waals surface area contributed by atoms with Crippen LogP contribution in [0.15, 0.2) is 24.3 Å². The fourth-order valence-electron chi connectivity index (χ4n) is 4.97. The van der Waals surface area contributed by atoms with Gasteiger partial charge in [0.05, 0.1) is 11.2 Å². The van der Waals surface area contributed by atoms with Crippen molar-refractivity contribution in [2.24, 2.45) is 22.7 Å². The highest BCUT2D eigenvalue weighted by Gasteiger charge is 2.68. The molecule has 0 radical (unpaired) electrons. The molecule has 3 fully saturated rings. The second-order valence-corrected chi connectivity index (χ2v) is 8.53. The molecule has 0 heterocycles. The van der Waals surface area contributed by atoms with E-state index in [4.69, 9.17) is 5.11 Å². The van der Waals surface area contributed by atoms with E-state index in [2.05, 4.69) is 27.7 Å². The van der Waals surface area contributed by atoms with Gasteiger partial charge in [-0.2, -0.15) is 0 Å². The van der Waals surface area contributed by atoms with Crippen molar-refractivity contribution in [3.8, 4) is 0 Å². The molecule has 0 aromatic heterocycles. The van der Waals surface area contributed by atoms with Crippen LogP contribution < -0.4 is 0 Å². The van der Waals surface area contributed by atoms with Gasteiger partial charge < -0.3 is 10.2 Å². The summed E-state index contributed by atoms with van der Waals surface area (Å²) in [5, 5.41) is 20.6. The van der Waals surface area contributed by atoms with Crippen molar-refractivity contribution in [3.05, 3.63) is 35.4 Å². The van der Waals surface area contributed by atoms with Gasteiger partial charge in [0.25, 0.3) is 0 Å². The highest BCUT2D eigenvalue weighted by atomic mass is 16.4. The van der Waals surface area contributed by atoms with Crippen molar-refractivity contribution in [1.29, 1.82) is 0 Å². The Morgan fingerprint density at radius 2 is 1.82 bits per heavy atom. The molecule has 22 heavy (non-hydrogen) atoms. The third-order valence-electron chi connectivity index (χ3n) is 6.30. The Morgan fingerprint density at radius 1 is 1.23 bits per heavy atom. The first-order valence-corrected chi connectivity index (χ1v) is 8.16. The van der Waals surface area contributed by atoms with Crippen molar-refractivity contribution in [2.75, 3.05) is 0 Å². The number of carbonyl (C=O) groups is 1. The molecule has 3 nitrogen and oxygen atoms in total. The number of rotatable bonds is 2. The van der Waals surface area contributed by atoms with E-state index in [1.165, 1.54) is 6.42 Å². The van der Waals surface area contributed by atoms with Crippen molar-refractivity contribution >= 4 is 5.97 Å². The second kappa shape index (κ2) is 4.58. The largest absolute Gasteiger partial charge is 0.478 e. The summed E-state index contributed by atoms with van der Waals surface area (Å²) in [6.45, 7) is 8.94. The molecule has 0 aliphatic heterocycles. The Morgan fingerprint density at radius 3 is 2.27 bits per heavy atom. The topological polar surface area (TPSA) is 57.5 Å². The van der Waals surface area contributed by atoms with E-state index in [1.54, 1.807) is 24.3 Å². The van der Waals surface area contributed by atoms with Crippen LogP contribution in [0, 0.1) is 22.7 Å². The van der Waals surface area contributed by atoms with Gasteiger partial charge >= 0.3 is 5.97 Å². The van der Waals surface area contributed by atoms with Crippen molar-refractivity contribution in [2.45, 2.75) is 52.6 Å². The zero-order valence-electron chi connectivity index (χ0n) is 13.9. The summed E-state index contributed by atoms with van der Waals surface area (Å²) < 4.78 is 0. The molecule has 3 heteroatoms. The highest BCUT2D eigenvalue weighted by Crippen LogP contribution is 2.70. The van der Waals surface area contributed by atoms with Crippen molar-refractivity contribution in [3.63, 3.8) is 0 Å².